The fraction of sp³-hybridized carbons (Fsp3) is 0.560. The van der Waals surface area contributed by atoms with Crippen LogP contribution in [-0.4, -0.2) is 48.1 Å². The zero-order valence-electron chi connectivity index (χ0n) is 20.1. The quantitative estimate of drug-likeness (QED) is 0.529. The molecule has 2 aromatic heterocycles. The maximum absolute atomic E-state index is 12.9. The third-order valence-corrected chi connectivity index (χ3v) is 6.00. The van der Waals surface area contributed by atoms with Crippen molar-refractivity contribution in [1.29, 1.82) is 0 Å². The number of hydrogen-bond acceptors (Lipinski definition) is 6. The number of aliphatic hydroxyl groups is 2. The van der Waals surface area contributed by atoms with Crippen LogP contribution in [0.15, 0.2) is 52.4 Å². The van der Waals surface area contributed by atoms with Gasteiger partial charge < -0.3 is 14.9 Å². The van der Waals surface area contributed by atoms with Gasteiger partial charge in [0.15, 0.2) is 11.2 Å². The lowest BCUT2D eigenvalue weighted by atomic mass is 10.1. The molecule has 0 spiro atoms. The summed E-state index contributed by atoms with van der Waals surface area (Å²) in [5.41, 5.74) is 4.47. The van der Waals surface area contributed by atoms with Gasteiger partial charge in [-0.25, -0.2) is 9.97 Å². The first-order valence-electron chi connectivity index (χ1n) is 11.6. The van der Waals surface area contributed by atoms with Crippen molar-refractivity contribution in [2.24, 2.45) is 0 Å². The number of hydrogen-bond donors (Lipinski definition) is 2. The summed E-state index contributed by atoms with van der Waals surface area (Å²) in [4.78, 5) is 21.5. The van der Waals surface area contributed by atoms with Gasteiger partial charge in [-0.15, -0.1) is 0 Å². The first-order chi connectivity index (χ1) is 15.8. The number of imidazole rings is 1. The monoisotopic (exact) mass is 456 g/mol. The van der Waals surface area contributed by atoms with Crippen LogP contribution >= 0.6 is 0 Å². The van der Waals surface area contributed by atoms with Crippen LogP contribution in [0.4, 0.5) is 0 Å². The molecule has 1 saturated heterocycles. The van der Waals surface area contributed by atoms with Gasteiger partial charge in [0.05, 0.1) is 19.0 Å². The van der Waals surface area contributed by atoms with Gasteiger partial charge in [0.1, 0.15) is 18.7 Å². The van der Waals surface area contributed by atoms with Crippen molar-refractivity contribution >= 4 is 11.2 Å². The van der Waals surface area contributed by atoms with Crippen molar-refractivity contribution < 1.29 is 14.9 Å². The molecule has 0 saturated carbocycles. The van der Waals surface area contributed by atoms with Crippen molar-refractivity contribution in [2.75, 3.05) is 6.61 Å². The number of fused-ring (bicyclic) bond motifs is 1. The molecule has 1 fully saturated rings. The van der Waals surface area contributed by atoms with E-state index in [-0.39, 0.29) is 17.7 Å². The third kappa shape index (κ3) is 6.50. The molecule has 1 aliphatic rings. The van der Waals surface area contributed by atoms with E-state index in [1.165, 1.54) is 29.4 Å². The highest BCUT2D eigenvalue weighted by Gasteiger charge is 2.35. The first-order valence-corrected chi connectivity index (χ1v) is 11.6. The van der Waals surface area contributed by atoms with Crippen LogP contribution in [0, 0.1) is 0 Å². The van der Waals surface area contributed by atoms with E-state index < -0.39 is 18.4 Å². The van der Waals surface area contributed by atoms with Gasteiger partial charge in [0.2, 0.25) is 0 Å². The molecule has 2 N–H and O–H groups in total. The molecule has 0 radical (unpaired) electrons. The molecular formula is C25H36N4O4. The summed E-state index contributed by atoms with van der Waals surface area (Å²) in [6.07, 6.45) is 12.2. The Morgan fingerprint density at radius 2 is 1.79 bits per heavy atom. The highest BCUT2D eigenvalue weighted by Crippen LogP contribution is 2.30. The molecule has 0 aliphatic carbocycles. The van der Waals surface area contributed by atoms with Crippen LogP contribution in [0.5, 0.6) is 0 Å². The Morgan fingerprint density at radius 1 is 1.09 bits per heavy atom. The van der Waals surface area contributed by atoms with Crippen LogP contribution in [0.25, 0.3) is 11.2 Å². The smallest absolute Gasteiger partial charge is 0.281 e. The van der Waals surface area contributed by atoms with E-state index in [1.807, 2.05) is 0 Å². The van der Waals surface area contributed by atoms with E-state index in [4.69, 9.17) is 4.74 Å². The zero-order chi connectivity index (χ0) is 24.0. The molecule has 3 unspecified atom stereocenters. The minimum absolute atomic E-state index is 0.213. The van der Waals surface area contributed by atoms with E-state index in [9.17, 15) is 15.0 Å². The van der Waals surface area contributed by atoms with Crippen LogP contribution in [0.3, 0.4) is 0 Å². The van der Waals surface area contributed by atoms with Gasteiger partial charge in [-0.3, -0.25) is 13.9 Å². The molecule has 3 rings (SSSR count). The number of ether oxygens (including phenoxy) is 1. The van der Waals surface area contributed by atoms with E-state index in [0.717, 1.165) is 25.7 Å². The standard InChI is InChI=1S/C25H36N4O4/c1-17(2)7-5-8-18(3)9-6-10-19(4)11-12-28-15-27-24-23(25(28)32)26-16-29(24)22-13-20(31)21(14-30)33-22/h7,9,11,15-16,20-22,30-31H,5-6,8,10,12-14H2,1-4H3. The lowest BCUT2D eigenvalue weighted by Crippen LogP contribution is -2.24. The minimum atomic E-state index is -0.762. The highest BCUT2D eigenvalue weighted by atomic mass is 16.5. The van der Waals surface area contributed by atoms with Crippen LogP contribution in [0.1, 0.15) is 66.0 Å². The molecule has 2 aromatic rings. The normalized spacial score (nSPS) is 21.7. The molecule has 0 bridgehead atoms. The maximum Gasteiger partial charge on any atom is 0.281 e. The topological polar surface area (TPSA) is 102 Å². The molecule has 3 atom stereocenters. The SMILES string of the molecule is CC(C)=CCCC(C)=CCCC(C)=CCn1cnc2c(ncn2C2CC(O)C(CO)O2)c1=O. The number of aromatic nitrogens is 4. The molecule has 180 valence electrons. The largest absolute Gasteiger partial charge is 0.394 e. The predicted octanol–water partition coefficient (Wildman–Crippen LogP) is 3.65. The number of aliphatic hydroxyl groups excluding tert-OH is 2. The Kier molecular flexibility index (Phi) is 8.77. The van der Waals surface area contributed by atoms with Gasteiger partial charge in [-0.1, -0.05) is 34.9 Å². The highest BCUT2D eigenvalue weighted by molar-refractivity contribution is 5.69. The lowest BCUT2D eigenvalue weighted by Gasteiger charge is -2.13. The van der Waals surface area contributed by atoms with Crippen LogP contribution < -0.4 is 5.56 Å². The van der Waals surface area contributed by atoms with E-state index in [1.54, 1.807) is 9.13 Å². The Hall–Kier alpha value is -2.55. The Balaban J connectivity index is 1.61. The van der Waals surface area contributed by atoms with Crippen molar-refractivity contribution in [3.05, 3.63) is 58.0 Å². The summed E-state index contributed by atoms with van der Waals surface area (Å²) in [5, 5.41) is 19.3. The zero-order valence-corrected chi connectivity index (χ0v) is 20.1. The van der Waals surface area contributed by atoms with Gasteiger partial charge in [-0.05, 0) is 53.4 Å². The van der Waals surface area contributed by atoms with Gasteiger partial charge >= 0.3 is 0 Å². The molecule has 0 aromatic carbocycles. The van der Waals surface area contributed by atoms with Crippen molar-refractivity contribution in [3.8, 4) is 0 Å². The number of rotatable bonds is 10. The lowest BCUT2D eigenvalue weighted by molar-refractivity contribution is -0.0432. The molecular weight excluding hydrogens is 420 g/mol. The van der Waals surface area contributed by atoms with Gasteiger partial charge in [0, 0.05) is 13.0 Å². The van der Waals surface area contributed by atoms with E-state index >= 15 is 0 Å². The summed E-state index contributed by atoms with van der Waals surface area (Å²) in [6, 6.07) is 0. The second-order valence-electron chi connectivity index (χ2n) is 9.10. The van der Waals surface area contributed by atoms with Crippen molar-refractivity contribution in [2.45, 2.75) is 84.8 Å². The summed E-state index contributed by atoms with van der Waals surface area (Å²) >= 11 is 0. The Labute approximate surface area is 194 Å². The third-order valence-electron chi connectivity index (χ3n) is 6.00. The number of nitrogens with zero attached hydrogens (tertiary/aromatic N) is 4. The average molecular weight is 457 g/mol. The molecule has 0 amide bonds. The average Bonchev–Trinajstić information content (AvgIpc) is 3.36. The van der Waals surface area contributed by atoms with Gasteiger partial charge in [0.25, 0.3) is 5.56 Å². The molecule has 3 heterocycles. The predicted molar refractivity (Wildman–Crippen MR) is 129 cm³/mol. The van der Waals surface area contributed by atoms with Crippen LogP contribution in [-0.2, 0) is 11.3 Å². The molecule has 1 aliphatic heterocycles. The summed E-state index contributed by atoms with van der Waals surface area (Å²) in [6.45, 7) is 8.69. The van der Waals surface area contributed by atoms with E-state index in [2.05, 4.69) is 55.9 Å². The van der Waals surface area contributed by atoms with Crippen LogP contribution in [0.2, 0.25) is 0 Å². The first kappa shape index (κ1) is 25.1. The van der Waals surface area contributed by atoms with Crippen molar-refractivity contribution in [3.63, 3.8) is 0 Å². The second kappa shape index (κ2) is 11.5. The fourth-order valence-electron chi connectivity index (χ4n) is 3.93. The molecule has 8 nitrogen and oxygen atoms in total. The Morgan fingerprint density at radius 3 is 2.45 bits per heavy atom. The maximum atomic E-state index is 12.9. The summed E-state index contributed by atoms with van der Waals surface area (Å²) in [7, 11) is 0. The molecule has 8 heteroatoms. The van der Waals surface area contributed by atoms with Gasteiger partial charge in [-0.2, -0.15) is 0 Å². The second-order valence-corrected chi connectivity index (χ2v) is 9.10. The summed E-state index contributed by atoms with van der Waals surface area (Å²) < 4.78 is 8.86. The minimum Gasteiger partial charge on any atom is -0.394 e. The number of allylic oxidation sites excluding steroid dienone is 6. The summed E-state index contributed by atoms with van der Waals surface area (Å²) in [5.74, 6) is 0. The van der Waals surface area contributed by atoms with Crippen molar-refractivity contribution in [1.82, 2.24) is 19.1 Å². The fourth-order valence-corrected chi connectivity index (χ4v) is 3.93. The van der Waals surface area contributed by atoms with E-state index in [0.29, 0.717) is 18.6 Å². The Bertz CT molecular complexity index is 1090. The molecule has 33 heavy (non-hydrogen) atoms.